The molecule has 0 aliphatic carbocycles. The Hall–Kier alpha value is -2.94. The number of carbonyl (C=O) groups excluding carboxylic acids is 3. The number of hydrogen-bond donors (Lipinski definition) is 2. The maximum absolute atomic E-state index is 12.8. The van der Waals surface area contributed by atoms with Gasteiger partial charge in [0, 0.05) is 56.8 Å². The average Bonchev–Trinajstić information content (AvgIpc) is 3.04. The van der Waals surface area contributed by atoms with Crippen LogP contribution < -0.4 is 10.2 Å². The minimum Gasteiger partial charge on any atom is -0.481 e. The first-order valence-corrected chi connectivity index (χ1v) is 10.4. The Labute approximate surface area is 174 Å². The molecule has 1 aromatic carbocycles. The van der Waals surface area contributed by atoms with Crippen molar-refractivity contribution in [1.29, 1.82) is 0 Å². The molecule has 3 amide bonds. The van der Waals surface area contributed by atoms with Gasteiger partial charge in [-0.1, -0.05) is 0 Å². The van der Waals surface area contributed by atoms with E-state index in [1.54, 1.807) is 4.90 Å². The lowest BCUT2D eigenvalue weighted by Crippen LogP contribution is -2.52. The molecule has 2 saturated heterocycles. The normalized spacial score (nSPS) is 22.3. The van der Waals surface area contributed by atoms with Crippen molar-refractivity contribution in [1.82, 2.24) is 15.1 Å². The molecule has 9 heteroatoms. The lowest BCUT2D eigenvalue weighted by atomic mass is 10.0. The summed E-state index contributed by atoms with van der Waals surface area (Å²) in [5.74, 6) is -1.60. The number of carbonyl (C=O) groups is 4. The third kappa shape index (κ3) is 4.16. The first-order valence-electron chi connectivity index (χ1n) is 10.4. The highest BCUT2D eigenvalue weighted by molar-refractivity contribution is 6.05. The number of piperazine rings is 1. The van der Waals surface area contributed by atoms with Gasteiger partial charge in [0.25, 0.3) is 5.91 Å². The maximum Gasteiger partial charge on any atom is 0.303 e. The van der Waals surface area contributed by atoms with E-state index in [1.807, 2.05) is 18.2 Å². The summed E-state index contributed by atoms with van der Waals surface area (Å²) in [5.41, 5.74) is 2.58. The molecule has 9 nitrogen and oxygen atoms in total. The molecule has 1 atom stereocenters. The summed E-state index contributed by atoms with van der Waals surface area (Å²) in [6, 6.07) is 5.21. The Morgan fingerprint density at radius 1 is 1.13 bits per heavy atom. The van der Waals surface area contributed by atoms with Gasteiger partial charge in [0.1, 0.15) is 6.04 Å². The monoisotopic (exact) mass is 414 g/mol. The zero-order valence-corrected chi connectivity index (χ0v) is 16.8. The Balaban J connectivity index is 1.37. The summed E-state index contributed by atoms with van der Waals surface area (Å²) < 4.78 is 0. The van der Waals surface area contributed by atoms with Gasteiger partial charge in [-0.25, -0.2) is 0 Å². The second kappa shape index (κ2) is 8.43. The number of carboxylic acids is 1. The van der Waals surface area contributed by atoms with E-state index in [4.69, 9.17) is 5.11 Å². The van der Waals surface area contributed by atoms with E-state index in [1.165, 1.54) is 0 Å². The Morgan fingerprint density at radius 2 is 1.90 bits per heavy atom. The van der Waals surface area contributed by atoms with Crippen molar-refractivity contribution in [3.8, 4) is 0 Å². The molecular weight excluding hydrogens is 388 g/mol. The SMILES string of the molecule is O=C(O)CCCN1CCN(c2ccc3c(c2)CN([C@H]2CCC(=O)NC2=O)C3=O)CC1. The van der Waals surface area contributed by atoms with Gasteiger partial charge in [-0.3, -0.25) is 29.4 Å². The Bertz CT molecular complexity index is 878. The number of aliphatic carboxylic acids is 1. The van der Waals surface area contributed by atoms with Gasteiger partial charge in [-0.2, -0.15) is 0 Å². The van der Waals surface area contributed by atoms with Crippen molar-refractivity contribution in [3.05, 3.63) is 29.3 Å². The molecule has 3 heterocycles. The van der Waals surface area contributed by atoms with Crippen LogP contribution in [0.2, 0.25) is 0 Å². The topological polar surface area (TPSA) is 110 Å². The van der Waals surface area contributed by atoms with Crippen molar-refractivity contribution in [2.75, 3.05) is 37.6 Å². The fourth-order valence-corrected chi connectivity index (χ4v) is 4.44. The second-order valence-electron chi connectivity index (χ2n) is 8.07. The van der Waals surface area contributed by atoms with E-state index >= 15 is 0 Å². The van der Waals surface area contributed by atoms with Crippen LogP contribution in [0.15, 0.2) is 18.2 Å². The minimum atomic E-state index is -0.757. The number of anilines is 1. The molecule has 160 valence electrons. The van der Waals surface area contributed by atoms with Crippen LogP contribution in [-0.4, -0.2) is 77.4 Å². The number of imide groups is 1. The van der Waals surface area contributed by atoms with Gasteiger partial charge in [0.05, 0.1) is 0 Å². The maximum atomic E-state index is 12.8. The number of nitrogens with one attached hydrogen (secondary N) is 1. The number of piperidine rings is 1. The van der Waals surface area contributed by atoms with Crippen molar-refractivity contribution in [2.24, 2.45) is 0 Å². The highest BCUT2D eigenvalue weighted by Crippen LogP contribution is 2.30. The largest absolute Gasteiger partial charge is 0.481 e. The summed E-state index contributed by atoms with van der Waals surface area (Å²) in [6.45, 7) is 4.60. The van der Waals surface area contributed by atoms with E-state index < -0.39 is 17.9 Å². The number of rotatable bonds is 6. The fourth-order valence-electron chi connectivity index (χ4n) is 4.44. The van der Waals surface area contributed by atoms with E-state index in [9.17, 15) is 19.2 Å². The first-order chi connectivity index (χ1) is 14.4. The molecule has 3 aliphatic heterocycles. The molecule has 2 fully saturated rings. The molecule has 4 rings (SSSR count). The first kappa shape index (κ1) is 20.3. The van der Waals surface area contributed by atoms with E-state index in [0.717, 1.165) is 44.0 Å². The Morgan fingerprint density at radius 3 is 2.60 bits per heavy atom. The van der Waals surface area contributed by atoms with Gasteiger partial charge in [0.15, 0.2) is 0 Å². The molecule has 0 bridgehead atoms. The Kier molecular flexibility index (Phi) is 5.72. The smallest absolute Gasteiger partial charge is 0.303 e. The molecule has 0 aromatic heterocycles. The molecule has 0 spiro atoms. The number of benzene rings is 1. The average molecular weight is 414 g/mol. The summed E-state index contributed by atoms with van der Waals surface area (Å²) in [7, 11) is 0. The standard InChI is InChI=1S/C21H26N4O5/c26-18-6-5-17(20(29)22-18)25-13-14-12-15(3-4-16(14)21(25)30)24-10-8-23(9-11-24)7-1-2-19(27)28/h3-4,12,17H,1-2,5-11,13H2,(H,27,28)(H,22,26,29)/t17-/m0/s1. The van der Waals surface area contributed by atoms with Crippen molar-refractivity contribution < 1.29 is 24.3 Å². The molecule has 0 unspecified atom stereocenters. The van der Waals surface area contributed by atoms with Crippen LogP contribution in [0, 0.1) is 0 Å². The molecule has 1 aromatic rings. The zero-order valence-electron chi connectivity index (χ0n) is 16.8. The summed E-state index contributed by atoms with van der Waals surface area (Å²) in [5, 5.41) is 11.1. The summed E-state index contributed by atoms with van der Waals surface area (Å²) in [6.07, 6.45) is 1.47. The van der Waals surface area contributed by atoms with Crippen LogP contribution in [0.1, 0.15) is 41.6 Å². The quantitative estimate of drug-likeness (QED) is 0.650. The highest BCUT2D eigenvalue weighted by Gasteiger charge is 2.39. The number of carboxylic acid groups (broad SMARTS) is 1. The number of amides is 3. The van der Waals surface area contributed by atoms with Crippen molar-refractivity contribution in [2.45, 2.75) is 38.3 Å². The van der Waals surface area contributed by atoms with E-state index in [-0.39, 0.29) is 24.7 Å². The molecule has 0 saturated carbocycles. The van der Waals surface area contributed by atoms with Gasteiger partial charge in [-0.15, -0.1) is 0 Å². The number of hydrogen-bond acceptors (Lipinski definition) is 6. The van der Waals surface area contributed by atoms with Gasteiger partial charge < -0.3 is 14.9 Å². The van der Waals surface area contributed by atoms with Crippen molar-refractivity contribution in [3.63, 3.8) is 0 Å². The third-order valence-electron chi connectivity index (χ3n) is 6.11. The highest BCUT2D eigenvalue weighted by atomic mass is 16.4. The predicted octanol–water partition coefficient (Wildman–Crippen LogP) is 0.434. The summed E-state index contributed by atoms with van der Waals surface area (Å²) in [4.78, 5) is 53.1. The molecule has 30 heavy (non-hydrogen) atoms. The van der Waals surface area contributed by atoms with Crippen molar-refractivity contribution >= 4 is 29.4 Å². The van der Waals surface area contributed by atoms with Crippen LogP contribution in [0.4, 0.5) is 5.69 Å². The second-order valence-corrected chi connectivity index (χ2v) is 8.07. The van der Waals surface area contributed by atoms with Gasteiger partial charge in [-0.05, 0) is 43.1 Å². The fraction of sp³-hybridized carbons (Fsp3) is 0.524. The van der Waals surface area contributed by atoms with E-state index in [0.29, 0.717) is 24.9 Å². The lowest BCUT2D eigenvalue weighted by Gasteiger charge is -2.36. The van der Waals surface area contributed by atoms with Crippen LogP contribution in [0.25, 0.3) is 0 Å². The minimum absolute atomic E-state index is 0.158. The number of fused-ring (bicyclic) bond motifs is 1. The molecule has 3 aliphatic rings. The molecule has 2 N–H and O–H groups in total. The van der Waals surface area contributed by atoms with Gasteiger partial charge >= 0.3 is 5.97 Å². The van der Waals surface area contributed by atoms with Crippen LogP contribution >= 0.6 is 0 Å². The van der Waals surface area contributed by atoms with E-state index in [2.05, 4.69) is 15.1 Å². The van der Waals surface area contributed by atoms with Crippen LogP contribution in [0.5, 0.6) is 0 Å². The van der Waals surface area contributed by atoms with Gasteiger partial charge in [0.2, 0.25) is 11.8 Å². The third-order valence-corrected chi connectivity index (χ3v) is 6.11. The van der Waals surface area contributed by atoms with Crippen LogP contribution in [-0.2, 0) is 20.9 Å². The predicted molar refractivity (Wildman–Crippen MR) is 108 cm³/mol. The molecule has 0 radical (unpaired) electrons. The van der Waals surface area contributed by atoms with Crippen LogP contribution in [0.3, 0.4) is 0 Å². The number of nitrogens with zero attached hydrogens (tertiary/aromatic N) is 3. The summed E-state index contributed by atoms with van der Waals surface area (Å²) >= 11 is 0. The zero-order chi connectivity index (χ0) is 21.3. The lowest BCUT2D eigenvalue weighted by molar-refractivity contribution is -0.138. The molecular formula is C21H26N4O5.